The molecule has 0 aliphatic rings. The van der Waals surface area contributed by atoms with Crippen LogP contribution in [-0.4, -0.2) is 49.3 Å². The number of aromatic carboxylic acids is 1. The average Bonchev–Trinajstić information content (AvgIpc) is 3.32. The second-order valence-electron chi connectivity index (χ2n) is 7.44. The first-order valence-electron chi connectivity index (χ1n) is 10.7. The van der Waals surface area contributed by atoms with Gasteiger partial charge in [-0.05, 0) is 31.2 Å². The molecule has 11 nitrogen and oxygen atoms in total. The number of aromatic nitrogens is 4. The van der Waals surface area contributed by atoms with Crippen molar-refractivity contribution < 1.29 is 19.4 Å². The van der Waals surface area contributed by atoms with Crippen molar-refractivity contribution >= 4 is 52.2 Å². The van der Waals surface area contributed by atoms with Gasteiger partial charge in [-0.25, -0.2) is 19.7 Å². The lowest BCUT2D eigenvalue weighted by atomic mass is 10.2. The molecule has 0 amide bonds. The van der Waals surface area contributed by atoms with Gasteiger partial charge in [-0.2, -0.15) is 0 Å². The second kappa shape index (κ2) is 11.2. The molecular formula is C23H21Cl2N7O4. The zero-order chi connectivity index (χ0) is 25.7. The summed E-state index contributed by atoms with van der Waals surface area (Å²) in [6.07, 6.45) is 4.25. The molecule has 0 saturated carbocycles. The Labute approximate surface area is 215 Å². The van der Waals surface area contributed by atoms with E-state index in [4.69, 9.17) is 27.6 Å². The van der Waals surface area contributed by atoms with Crippen LogP contribution in [0.5, 0.6) is 0 Å². The Morgan fingerprint density at radius 1 is 1.11 bits per heavy atom. The highest BCUT2D eigenvalue weighted by atomic mass is 35.5. The van der Waals surface area contributed by atoms with Gasteiger partial charge in [0.25, 0.3) is 0 Å². The van der Waals surface area contributed by atoms with E-state index in [-0.39, 0.29) is 25.3 Å². The Morgan fingerprint density at radius 3 is 2.69 bits per heavy atom. The van der Waals surface area contributed by atoms with Gasteiger partial charge in [-0.3, -0.25) is 4.98 Å². The Morgan fingerprint density at radius 2 is 1.92 bits per heavy atom. The maximum Gasteiger partial charge on any atom is 0.339 e. The SMILES string of the molecule is Cc1nc(NCCO)c(NCc2ncc(-c3cc(Cl)ccc3Cl)o2)c(Nc2ccncc2C(=O)O)n1. The first-order valence-corrected chi connectivity index (χ1v) is 11.4. The summed E-state index contributed by atoms with van der Waals surface area (Å²) >= 11 is 12.3. The van der Waals surface area contributed by atoms with E-state index in [1.54, 1.807) is 31.3 Å². The van der Waals surface area contributed by atoms with Crippen molar-refractivity contribution in [3.8, 4) is 11.3 Å². The van der Waals surface area contributed by atoms with Crippen molar-refractivity contribution in [1.29, 1.82) is 0 Å². The average molecular weight is 530 g/mol. The molecule has 0 bridgehead atoms. The largest absolute Gasteiger partial charge is 0.478 e. The van der Waals surface area contributed by atoms with Crippen molar-refractivity contribution in [2.45, 2.75) is 13.5 Å². The smallest absolute Gasteiger partial charge is 0.339 e. The van der Waals surface area contributed by atoms with Crippen LogP contribution in [0.15, 0.2) is 47.3 Å². The number of hydrogen-bond acceptors (Lipinski definition) is 10. The quantitative estimate of drug-likeness (QED) is 0.195. The molecule has 4 rings (SSSR count). The molecule has 3 heterocycles. The molecule has 0 aliphatic carbocycles. The van der Waals surface area contributed by atoms with Gasteiger partial charge in [0, 0.05) is 29.5 Å². The maximum atomic E-state index is 11.6. The predicted molar refractivity (Wildman–Crippen MR) is 136 cm³/mol. The van der Waals surface area contributed by atoms with Gasteiger partial charge in [0.05, 0.1) is 30.1 Å². The third-order valence-electron chi connectivity index (χ3n) is 4.89. The Bertz CT molecular complexity index is 1400. The van der Waals surface area contributed by atoms with E-state index < -0.39 is 5.97 Å². The van der Waals surface area contributed by atoms with Gasteiger partial charge in [0.1, 0.15) is 17.1 Å². The highest BCUT2D eigenvalue weighted by Gasteiger charge is 2.18. The number of nitrogens with one attached hydrogen (secondary N) is 3. The number of aliphatic hydroxyl groups is 1. The van der Waals surface area contributed by atoms with E-state index in [2.05, 4.69) is 35.9 Å². The van der Waals surface area contributed by atoms with Crippen LogP contribution in [-0.2, 0) is 6.54 Å². The molecule has 0 spiro atoms. The van der Waals surface area contributed by atoms with Gasteiger partial charge in [-0.15, -0.1) is 0 Å². The summed E-state index contributed by atoms with van der Waals surface area (Å²) < 4.78 is 5.86. The van der Waals surface area contributed by atoms with E-state index in [1.165, 1.54) is 18.5 Å². The number of rotatable bonds is 10. The summed E-state index contributed by atoms with van der Waals surface area (Å²) in [5.41, 5.74) is 1.29. The highest BCUT2D eigenvalue weighted by Crippen LogP contribution is 2.33. The first kappa shape index (κ1) is 25.2. The Kier molecular flexibility index (Phi) is 7.84. The van der Waals surface area contributed by atoms with E-state index >= 15 is 0 Å². The molecule has 4 aromatic rings. The Hall–Kier alpha value is -3.93. The Balaban J connectivity index is 1.65. The number of aliphatic hydroxyl groups excluding tert-OH is 1. The van der Waals surface area contributed by atoms with Crippen LogP contribution in [0.4, 0.5) is 23.0 Å². The summed E-state index contributed by atoms with van der Waals surface area (Å²) in [6, 6.07) is 6.56. The van der Waals surface area contributed by atoms with Crippen LogP contribution in [0.1, 0.15) is 22.1 Å². The number of hydrogen-bond donors (Lipinski definition) is 5. The summed E-state index contributed by atoms with van der Waals surface area (Å²) in [5, 5.41) is 29.0. The number of pyridine rings is 1. The number of anilines is 4. The van der Waals surface area contributed by atoms with E-state index in [1.807, 2.05) is 0 Å². The zero-order valence-electron chi connectivity index (χ0n) is 18.9. The van der Waals surface area contributed by atoms with Gasteiger partial charge in [0.15, 0.2) is 17.4 Å². The topological polar surface area (TPSA) is 158 Å². The number of carboxylic acids is 1. The molecule has 0 saturated heterocycles. The molecule has 3 aromatic heterocycles. The first-order chi connectivity index (χ1) is 17.4. The number of nitrogens with zero attached hydrogens (tertiary/aromatic N) is 4. The molecule has 36 heavy (non-hydrogen) atoms. The van der Waals surface area contributed by atoms with E-state index in [9.17, 15) is 15.0 Å². The summed E-state index contributed by atoms with van der Waals surface area (Å²) in [5.74, 6) is 0.769. The van der Waals surface area contributed by atoms with Crippen molar-refractivity contribution in [3.63, 3.8) is 0 Å². The molecule has 5 N–H and O–H groups in total. The summed E-state index contributed by atoms with van der Waals surface area (Å²) in [6.45, 7) is 1.94. The minimum absolute atomic E-state index is 0.0275. The van der Waals surface area contributed by atoms with Gasteiger partial charge >= 0.3 is 5.97 Å². The summed E-state index contributed by atoms with van der Waals surface area (Å²) in [7, 11) is 0. The van der Waals surface area contributed by atoms with Crippen molar-refractivity contribution in [2.75, 3.05) is 29.1 Å². The van der Waals surface area contributed by atoms with Crippen LogP contribution in [0, 0.1) is 6.92 Å². The number of oxazole rings is 1. The lowest BCUT2D eigenvalue weighted by molar-refractivity contribution is 0.0697. The van der Waals surface area contributed by atoms with Crippen LogP contribution in [0.25, 0.3) is 11.3 Å². The second-order valence-corrected chi connectivity index (χ2v) is 8.28. The fraction of sp³-hybridized carbons (Fsp3) is 0.174. The minimum atomic E-state index is -1.14. The summed E-state index contributed by atoms with van der Waals surface area (Å²) in [4.78, 5) is 28.7. The van der Waals surface area contributed by atoms with Crippen molar-refractivity contribution in [1.82, 2.24) is 19.9 Å². The molecule has 186 valence electrons. The molecule has 0 unspecified atom stereocenters. The molecular weight excluding hydrogens is 509 g/mol. The molecule has 0 atom stereocenters. The minimum Gasteiger partial charge on any atom is -0.478 e. The number of carboxylic acid groups (broad SMARTS) is 1. The van der Waals surface area contributed by atoms with Crippen molar-refractivity contribution in [3.05, 3.63) is 70.2 Å². The zero-order valence-corrected chi connectivity index (χ0v) is 20.4. The van der Waals surface area contributed by atoms with Gasteiger partial charge in [0.2, 0.25) is 5.89 Å². The van der Waals surface area contributed by atoms with Crippen LogP contribution < -0.4 is 16.0 Å². The van der Waals surface area contributed by atoms with Crippen molar-refractivity contribution in [2.24, 2.45) is 0 Å². The molecule has 0 aliphatic heterocycles. The molecule has 0 radical (unpaired) electrons. The third-order valence-corrected chi connectivity index (χ3v) is 5.46. The molecule has 0 fully saturated rings. The standard InChI is InChI=1S/C23H21Cl2N7O4/c1-12-30-21(27-6-7-33)20(22(31-12)32-17-4-5-26-9-15(17)23(34)35)29-11-19-28-10-18(36-19)14-8-13(24)2-3-16(14)25/h2-5,8-10,29,33H,6-7,11H2,1H3,(H,34,35)(H2,26,27,30,31,32). The lowest BCUT2D eigenvalue weighted by Crippen LogP contribution is -2.14. The number of benzene rings is 1. The maximum absolute atomic E-state index is 11.6. The number of carbonyl (C=O) groups is 1. The molecule has 13 heteroatoms. The van der Waals surface area contributed by atoms with Crippen LogP contribution in [0.3, 0.4) is 0 Å². The van der Waals surface area contributed by atoms with Gasteiger partial charge < -0.3 is 30.6 Å². The van der Waals surface area contributed by atoms with E-state index in [0.717, 1.165) is 0 Å². The monoisotopic (exact) mass is 529 g/mol. The predicted octanol–water partition coefficient (Wildman–Crippen LogP) is 4.60. The van der Waals surface area contributed by atoms with E-state index in [0.29, 0.717) is 56.1 Å². The number of aryl methyl sites for hydroxylation is 1. The highest BCUT2D eigenvalue weighted by molar-refractivity contribution is 6.35. The third kappa shape index (κ3) is 5.82. The fourth-order valence-electron chi connectivity index (χ4n) is 3.30. The van der Waals surface area contributed by atoms with Crippen LogP contribution in [0.2, 0.25) is 10.0 Å². The fourth-order valence-corrected chi connectivity index (χ4v) is 3.68. The van der Waals surface area contributed by atoms with Gasteiger partial charge in [-0.1, -0.05) is 23.2 Å². The number of halogens is 2. The normalized spacial score (nSPS) is 10.8. The molecule has 1 aromatic carbocycles. The van der Waals surface area contributed by atoms with Crippen LogP contribution >= 0.6 is 23.2 Å². The lowest BCUT2D eigenvalue weighted by Gasteiger charge is -2.18.